The number of nitrogens with zero attached hydrogens (tertiary/aromatic N) is 3. The van der Waals surface area contributed by atoms with Crippen LogP contribution in [0.5, 0.6) is 0 Å². The van der Waals surface area contributed by atoms with Gasteiger partial charge in [0.2, 0.25) is 0 Å². The van der Waals surface area contributed by atoms with Crippen molar-refractivity contribution in [2.75, 3.05) is 19.6 Å². The van der Waals surface area contributed by atoms with Gasteiger partial charge in [-0.1, -0.05) is 0 Å². The summed E-state index contributed by atoms with van der Waals surface area (Å²) in [5.74, 6) is 0.990. The number of rotatable bonds is 5. The van der Waals surface area contributed by atoms with Gasteiger partial charge in [-0.15, -0.1) is 0 Å². The molecule has 0 saturated carbocycles. The molecule has 3 heterocycles. The van der Waals surface area contributed by atoms with Gasteiger partial charge in [-0.05, 0) is 65.3 Å². The number of carbonyl (C=O) groups excluding carboxylic acids is 2. The minimum Gasteiger partial charge on any atom is -0.344 e. The number of H-pyrrole nitrogens is 1. The average Bonchev–Trinajstić information content (AvgIpc) is 3.27. The molecule has 1 aliphatic carbocycles. The van der Waals surface area contributed by atoms with Crippen molar-refractivity contribution in [1.29, 1.82) is 0 Å². The lowest BCUT2D eigenvalue weighted by Crippen LogP contribution is -2.40. The van der Waals surface area contributed by atoms with E-state index in [0.717, 1.165) is 44.6 Å². The number of amides is 3. The molecule has 1 aromatic rings. The van der Waals surface area contributed by atoms with Crippen molar-refractivity contribution in [3.8, 4) is 0 Å². The monoisotopic (exact) mass is 359 g/mol. The number of imide groups is 1. The van der Waals surface area contributed by atoms with E-state index in [9.17, 15) is 9.59 Å². The molecule has 1 atom stereocenters. The molecule has 26 heavy (non-hydrogen) atoms. The Balaban J connectivity index is 1.35. The molecule has 7 nitrogen and oxygen atoms in total. The van der Waals surface area contributed by atoms with Gasteiger partial charge in [0.05, 0.1) is 11.7 Å². The summed E-state index contributed by atoms with van der Waals surface area (Å²) in [5.41, 5.74) is 1.82. The largest absolute Gasteiger partial charge is 0.344 e. The minimum atomic E-state index is -0.777. The zero-order chi connectivity index (χ0) is 18.3. The Labute approximate surface area is 154 Å². The van der Waals surface area contributed by atoms with Gasteiger partial charge in [-0.25, -0.2) is 9.78 Å². The summed E-state index contributed by atoms with van der Waals surface area (Å²) in [4.78, 5) is 36.5. The number of aryl methyl sites for hydroxylation is 2. The van der Waals surface area contributed by atoms with Crippen molar-refractivity contribution in [2.24, 2.45) is 0 Å². The van der Waals surface area contributed by atoms with Crippen molar-refractivity contribution in [3.63, 3.8) is 0 Å². The molecule has 0 radical (unpaired) electrons. The van der Waals surface area contributed by atoms with Crippen LogP contribution in [-0.2, 0) is 17.6 Å². The third-order valence-electron chi connectivity index (χ3n) is 5.92. The van der Waals surface area contributed by atoms with Crippen LogP contribution in [0.2, 0.25) is 0 Å². The number of urea groups is 1. The maximum atomic E-state index is 12.3. The van der Waals surface area contributed by atoms with Gasteiger partial charge >= 0.3 is 6.03 Å². The number of fused-ring (bicyclic) bond motifs is 1. The molecule has 142 valence electrons. The summed E-state index contributed by atoms with van der Waals surface area (Å²) in [6.07, 6.45) is 7.82. The third kappa shape index (κ3) is 3.13. The highest BCUT2D eigenvalue weighted by molar-refractivity contribution is 6.06. The van der Waals surface area contributed by atoms with E-state index in [1.807, 2.05) is 0 Å². The normalized spacial score (nSPS) is 25.6. The van der Waals surface area contributed by atoms with Gasteiger partial charge in [-0.2, -0.15) is 0 Å². The molecule has 2 aliphatic heterocycles. The third-order valence-corrected chi connectivity index (χ3v) is 5.92. The Morgan fingerprint density at radius 3 is 2.69 bits per heavy atom. The number of aromatic nitrogens is 2. The van der Waals surface area contributed by atoms with Crippen LogP contribution in [0.4, 0.5) is 4.79 Å². The fourth-order valence-electron chi connectivity index (χ4n) is 4.49. The standard InChI is InChI=1S/C19H29N5O2/c1-19(2)17(25)24(18(26)22-19)12-6-11-23-10-5-9-15(23)16-20-13-7-3-4-8-14(13)21-16/h15H,3-12H2,1-2H3,(H,20,21)(H,22,26)/t15-/m0/s1. The first-order valence-electron chi connectivity index (χ1n) is 9.91. The Hall–Kier alpha value is -1.89. The molecular formula is C19H29N5O2. The Morgan fingerprint density at radius 1 is 1.15 bits per heavy atom. The van der Waals surface area contributed by atoms with Crippen LogP contribution in [0.15, 0.2) is 0 Å². The number of carbonyl (C=O) groups is 2. The number of imidazole rings is 1. The lowest BCUT2D eigenvalue weighted by molar-refractivity contribution is -0.130. The van der Waals surface area contributed by atoms with Gasteiger partial charge in [0, 0.05) is 18.8 Å². The molecule has 4 rings (SSSR count). The Kier molecular flexibility index (Phi) is 4.50. The van der Waals surface area contributed by atoms with E-state index in [2.05, 4.69) is 15.2 Å². The molecule has 2 saturated heterocycles. The van der Waals surface area contributed by atoms with Crippen molar-refractivity contribution >= 4 is 11.9 Å². The predicted octanol–water partition coefficient (Wildman–Crippen LogP) is 2.15. The number of aromatic amines is 1. The first-order chi connectivity index (χ1) is 12.5. The number of nitrogens with one attached hydrogen (secondary N) is 2. The topological polar surface area (TPSA) is 81.3 Å². The number of hydrogen-bond acceptors (Lipinski definition) is 4. The zero-order valence-corrected chi connectivity index (χ0v) is 15.8. The van der Waals surface area contributed by atoms with E-state index in [0.29, 0.717) is 12.6 Å². The molecular weight excluding hydrogens is 330 g/mol. The van der Waals surface area contributed by atoms with Crippen LogP contribution in [0.3, 0.4) is 0 Å². The summed E-state index contributed by atoms with van der Waals surface area (Å²) >= 11 is 0. The first kappa shape index (κ1) is 17.5. The summed E-state index contributed by atoms with van der Waals surface area (Å²) in [5, 5.41) is 2.74. The lowest BCUT2D eigenvalue weighted by atomic mass is 10.0. The average molecular weight is 359 g/mol. The maximum absolute atomic E-state index is 12.3. The summed E-state index contributed by atoms with van der Waals surface area (Å²) in [7, 11) is 0. The van der Waals surface area contributed by atoms with E-state index in [4.69, 9.17) is 4.98 Å². The smallest absolute Gasteiger partial charge is 0.325 e. The van der Waals surface area contributed by atoms with Crippen molar-refractivity contribution in [2.45, 2.75) is 70.4 Å². The molecule has 1 aromatic heterocycles. The molecule has 0 bridgehead atoms. The second-order valence-electron chi connectivity index (χ2n) is 8.31. The molecule has 0 aromatic carbocycles. The highest BCUT2D eigenvalue weighted by Gasteiger charge is 2.43. The Bertz CT molecular complexity index is 687. The predicted molar refractivity (Wildman–Crippen MR) is 97.7 cm³/mol. The molecule has 2 fully saturated rings. The van der Waals surface area contributed by atoms with Gasteiger partial charge in [0.15, 0.2) is 0 Å². The van der Waals surface area contributed by atoms with Crippen molar-refractivity contribution < 1.29 is 9.59 Å². The Morgan fingerprint density at radius 2 is 1.96 bits per heavy atom. The van der Waals surface area contributed by atoms with Crippen molar-refractivity contribution in [3.05, 3.63) is 17.2 Å². The first-order valence-corrected chi connectivity index (χ1v) is 9.91. The number of hydrogen-bond donors (Lipinski definition) is 2. The SMILES string of the molecule is CC1(C)NC(=O)N(CCCN2CCC[C@H]2c2nc3c([nH]2)CCCC3)C1=O. The van der Waals surface area contributed by atoms with Crippen LogP contribution >= 0.6 is 0 Å². The number of likely N-dealkylation sites (tertiary alicyclic amines) is 1. The fraction of sp³-hybridized carbons (Fsp3) is 0.737. The minimum absolute atomic E-state index is 0.126. The van der Waals surface area contributed by atoms with Gasteiger partial charge in [-0.3, -0.25) is 14.6 Å². The highest BCUT2D eigenvalue weighted by atomic mass is 16.2. The highest BCUT2D eigenvalue weighted by Crippen LogP contribution is 2.32. The van der Waals surface area contributed by atoms with Crippen LogP contribution in [0.1, 0.15) is 69.2 Å². The van der Waals surface area contributed by atoms with Gasteiger partial charge in [0.1, 0.15) is 11.4 Å². The molecule has 0 spiro atoms. The van der Waals surface area contributed by atoms with Crippen LogP contribution in [0.25, 0.3) is 0 Å². The molecule has 7 heteroatoms. The van der Waals surface area contributed by atoms with E-state index >= 15 is 0 Å². The molecule has 2 N–H and O–H groups in total. The second kappa shape index (κ2) is 6.68. The molecule has 3 amide bonds. The maximum Gasteiger partial charge on any atom is 0.325 e. The second-order valence-corrected chi connectivity index (χ2v) is 8.31. The van der Waals surface area contributed by atoms with Crippen LogP contribution in [0, 0.1) is 0 Å². The van der Waals surface area contributed by atoms with Crippen molar-refractivity contribution in [1.82, 2.24) is 25.1 Å². The van der Waals surface area contributed by atoms with E-state index in [1.54, 1.807) is 13.8 Å². The zero-order valence-electron chi connectivity index (χ0n) is 15.8. The van der Waals surface area contributed by atoms with Crippen LogP contribution in [-0.4, -0.2) is 56.9 Å². The summed E-state index contributed by atoms with van der Waals surface area (Å²) < 4.78 is 0. The van der Waals surface area contributed by atoms with E-state index in [-0.39, 0.29) is 11.9 Å². The molecule has 3 aliphatic rings. The van der Waals surface area contributed by atoms with E-state index in [1.165, 1.54) is 35.6 Å². The quantitative estimate of drug-likeness (QED) is 0.789. The fourth-order valence-corrected chi connectivity index (χ4v) is 4.49. The van der Waals surface area contributed by atoms with Crippen LogP contribution < -0.4 is 5.32 Å². The molecule has 0 unspecified atom stereocenters. The van der Waals surface area contributed by atoms with Gasteiger partial charge in [0.25, 0.3) is 5.91 Å². The van der Waals surface area contributed by atoms with E-state index < -0.39 is 5.54 Å². The summed E-state index contributed by atoms with van der Waals surface area (Å²) in [6, 6.07) is 0.0804. The van der Waals surface area contributed by atoms with Gasteiger partial charge < -0.3 is 10.3 Å². The summed E-state index contributed by atoms with van der Waals surface area (Å²) in [6.45, 7) is 5.92. The lowest BCUT2D eigenvalue weighted by Gasteiger charge is -2.24.